The number of rotatable bonds is 7. The maximum absolute atomic E-state index is 10.5. The minimum atomic E-state index is -4.12. The fraction of sp³-hybridized carbons (Fsp3) is 1.00. The Morgan fingerprint density at radius 3 is 2.13 bits per heavy atom. The summed E-state index contributed by atoms with van der Waals surface area (Å²) in [4.78, 5) is 0. The molecule has 0 fully saturated rings. The van der Waals surface area contributed by atoms with Gasteiger partial charge in [0.2, 0.25) is 0 Å². The van der Waals surface area contributed by atoms with Crippen LogP contribution < -0.4 is 29.6 Å². The predicted octanol–water partition coefficient (Wildman–Crippen LogP) is -1.74. The van der Waals surface area contributed by atoms with Crippen molar-refractivity contribution in [3.63, 3.8) is 0 Å². The Balaban J connectivity index is 0. The Kier molecular flexibility index (Phi) is 10.9. The van der Waals surface area contributed by atoms with Crippen LogP contribution >= 0.6 is 0 Å². The molecule has 0 heterocycles. The zero-order valence-corrected chi connectivity index (χ0v) is 12.6. The average Bonchev–Trinajstić information content (AvgIpc) is 2.09. The van der Waals surface area contributed by atoms with Crippen molar-refractivity contribution in [1.82, 2.24) is 0 Å². The Hall–Kier alpha value is 0.870. The summed E-state index contributed by atoms with van der Waals surface area (Å²) in [7, 11) is -4.12. The Morgan fingerprint density at radius 1 is 1.27 bits per heavy atom. The van der Waals surface area contributed by atoms with Crippen molar-refractivity contribution >= 4 is 10.1 Å². The minimum Gasteiger partial charge on any atom is -0.748 e. The molecule has 1 N–H and O–H groups in total. The van der Waals surface area contributed by atoms with Crippen LogP contribution in [0.25, 0.3) is 0 Å². The fourth-order valence-electron chi connectivity index (χ4n) is 1.16. The van der Waals surface area contributed by atoms with E-state index in [1.807, 2.05) is 6.92 Å². The normalized spacial score (nSPS) is 15.5. The second-order valence-corrected chi connectivity index (χ2v) is 5.44. The summed E-state index contributed by atoms with van der Waals surface area (Å²) in [5.41, 5.74) is 0. The van der Waals surface area contributed by atoms with E-state index in [0.717, 1.165) is 12.8 Å². The van der Waals surface area contributed by atoms with E-state index in [9.17, 15) is 18.1 Å². The Labute approximate surface area is 114 Å². The van der Waals surface area contributed by atoms with Crippen LogP contribution in [0.2, 0.25) is 0 Å². The summed E-state index contributed by atoms with van der Waals surface area (Å²) in [6.45, 7) is 3.33. The van der Waals surface area contributed by atoms with Crippen molar-refractivity contribution in [3.05, 3.63) is 0 Å². The van der Waals surface area contributed by atoms with E-state index in [2.05, 4.69) is 0 Å². The number of hydrogen-bond donors (Lipinski definition) is 1. The van der Waals surface area contributed by atoms with E-state index in [0.29, 0.717) is 19.3 Å². The standard InChI is InChI=1S/C9H20O4S.Na/c1-3-9(10)7-5-4-6-8(2)14(11,12)13;/h8-10H,3-7H2,1-2H3,(H,11,12,13);/q;+1/p-1. The monoisotopic (exact) mass is 246 g/mol. The maximum Gasteiger partial charge on any atom is 1.00 e. The van der Waals surface area contributed by atoms with E-state index < -0.39 is 15.4 Å². The van der Waals surface area contributed by atoms with Gasteiger partial charge in [-0.15, -0.1) is 0 Å². The smallest absolute Gasteiger partial charge is 0.748 e. The molecule has 0 aliphatic heterocycles. The molecule has 0 aromatic carbocycles. The van der Waals surface area contributed by atoms with Gasteiger partial charge in [-0.1, -0.05) is 19.8 Å². The van der Waals surface area contributed by atoms with Crippen LogP contribution in [0, 0.1) is 0 Å². The quantitative estimate of drug-likeness (QED) is 0.328. The van der Waals surface area contributed by atoms with Gasteiger partial charge in [0.05, 0.1) is 16.2 Å². The molecule has 86 valence electrons. The van der Waals surface area contributed by atoms with E-state index in [-0.39, 0.29) is 35.7 Å². The van der Waals surface area contributed by atoms with Crippen LogP contribution in [-0.4, -0.2) is 29.4 Å². The predicted molar refractivity (Wildman–Crippen MR) is 53.9 cm³/mol. The molecule has 0 aromatic heterocycles. The van der Waals surface area contributed by atoms with Crippen LogP contribution in [0.5, 0.6) is 0 Å². The van der Waals surface area contributed by atoms with Crippen LogP contribution in [-0.2, 0) is 10.1 Å². The zero-order chi connectivity index (χ0) is 11.2. The molecular weight excluding hydrogens is 227 g/mol. The molecule has 0 rings (SSSR count). The number of aliphatic hydroxyl groups excluding tert-OH is 1. The number of unbranched alkanes of at least 4 members (excludes halogenated alkanes) is 1. The van der Waals surface area contributed by atoms with Gasteiger partial charge in [-0.2, -0.15) is 0 Å². The Bertz CT molecular complexity index is 240. The van der Waals surface area contributed by atoms with Crippen LogP contribution in [0.4, 0.5) is 0 Å². The first-order chi connectivity index (χ1) is 6.38. The molecule has 2 unspecified atom stereocenters. The van der Waals surface area contributed by atoms with Crippen molar-refractivity contribution in [3.8, 4) is 0 Å². The summed E-state index contributed by atoms with van der Waals surface area (Å²) in [6.07, 6.45) is 2.95. The Morgan fingerprint density at radius 2 is 1.73 bits per heavy atom. The van der Waals surface area contributed by atoms with Crippen molar-refractivity contribution in [2.45, 2.75) is 57.3 Å². The molecule has 0 saturated carbocycles. The van der Waals surface area contributed by atoms with Gasteiger partial charge in [-0.25, -0.2) is 8.42 Å². The van der Waals surface area contributed by atoms with E-state index in [1.165, 1.54) is 6.92 Å². The molecule has 0 aromatic rings. The topological polar surface area (TPSA) is 77.4 Å². The summed E-state index contributed by atoms with van der Waals surface area (Å²) in [5.74, 6) is 0. The van der Waals surface area contributed by atoms with Crippen molar-refractivity contribution in [1.29, 1.82) is 0 Å². The number of aliphatic hydroxyl groups is 1. The molecular formula is C9H19NaO4S. The molecule has 0 spiro atoms. The molecule has 4 nitrogen and oxygen atoms in total. The average molecular weight is 246 g/mol. The molecule has 6 heteroatoms. The number of hydrogen-bond acceptors (Lipinski definition) is 4. The van der Waals surface area contributed by atoms with Gasteiger partial charge in [0.1, 0.15) is 0 Å². The third-order valence-electron chi connectivity index (χ3n) is 2.36. The largest absolute Gasteiger partial charge is 1.00 e. The molecule has 0 saturated heterocycles. The first-order valence-corrected chi connectivity index (χ1v) is 6.47. The van der Waals surface area contributed by atoms with Gasteiger partial charge in [0.15, 0.2) is 0 Å². The molecule has 0 bridgehead atoms. The van der Waals surface area contributed by atoms with Gasteiger partial charge in [-0.3, -0.25) is 0 Å². The second-order valence-electron chi connectivity index (χ2n) is 3.65. The molecule has 0 aliphatic carbocycles. The third-order valence-corrected chi connectivity index (χ3v) is 3.58. The first kappa shape index (κ1) is 18.2. The van der Waals surface area contributed by atoms with Crippen LogP contribution in [0.1, 0.15) is 46.0 Å². The summed E-state index contributed by atoms with van der Waals surface area (Å²) in [6, 6.07) is 0. The van der Waals surface area contributed by atoms with Gasteiger partial charge in [0, 0.05) is 5.25 Å². The SMILES string of the molecule is CCC(O)CCCCC(C)S(=O)(=O)[O-].[Na+]. The van der Waals surface area contributed by atoms with Gasteiger partial charge >= 0.3 is 29.6 Å². The molecule has 15 heavy (non-hydrogen) atoms. The maximum atomic E-state index is 10.5. The first-order valence-electron chi connectivity index (χ1n) is 5.00. The molecule has 0 amide bonds. The van der Waals surface area contributed by atoms with Gasteiger partial charge < -0.3 is 9.66 Å². The molecule has 0 radical (unpaired) electrons. The summed E-state index contributed by atoms with van der Waals surface area (Å²) in [5, 5.41) is 8.40. The summed E-state index contributed by atoms with van der Waals surface area (Å²) < 4.78 is 31.5. The third kappa shape index (κ3) is 9.78. The second kappa shape index (κ2) is 8.96. The molecule has 2 atom stereocenters. The molecule has 0 aliphatic rings. The van der Waals surface area contributed by atoms with Crippen LogP contribution in [0.3, 0.4) is 0 Å². The van der Waals surface area contributed by atoms with Gasteiger partial charge in [-0.05, 0) is 26.2 Å². The fourth-order valence-corrected chi connectivity index (χ4v) is 1.62. The van der Waals surface area contributed by atoms with E-state index in [1.54, 1.807) is 0 Å². The van der Waals surface area contributed by atoms with Gasteiger partial charge in [0.25, 0.3) is 0 Å². The van der Waals surface area contributed by atoms with Crippen molar-refractivity contribution in [2.75, 3.05) is 0 Å². The van der Waals surface area contributed by atoms with Crippen molar-refractivity contribution in [2.24, 2.45) is 0 Å². The minimum absolute atomic E-state index is 0. The summed E-state index contributed by atoms with van der Waals surface area (Å²) >= 11 is 0. The van der Waals surface area contributed by atoms with E-state index in [4.69, 9.17) is 0 Å². The zero-order valence-electron chi connectivity index (χ0n) is 9.77. The van der Waals surface area contributed by atoms with Crippen LogP contribution in [0.15, 0.2) is 0 Å². The van der Waals surface area contributed by atoms with E-state index >= 15 is 0 Å². The van der Waals surface area contributed by atoms with Crippen molar-refractivity contribution < 1.29 is 47.6 Å².